The highest BCUT2D eigenvalue weighted by Gasteiger charge is 2.04. The summed E-state index contributed by atoms with van der Waals surface area (Å²) in [6.45, 7) is 0. The quantitative estimate of drug-likeness (QED) is 0.283. The van der Waals surface area contributed by atoms with Crippen molar-refractivity contribution in [1.29, 1.82) is 0 Å². The Bertz CT molecular complexity index is 414. The molecule has 0 aliphatic carbocycles. The van der Waals surface area contributed by atoms with Crippen molar-refractivity contribution < 1.29 is 22.6 Å². The summed E-state index contributed by atoms with van der Waals surface area (Å²) in [6, 6.07) is 0. The van der Waals surface area contributed by atoms with Crippen LogP contribution in [0, 0.1) is 0 Å². The molecular weight excluding hydrogens is 230 g/mol. The van der Waals surface area contributed by atoms with Gasteiger partial charge in [0.2, 0.25) is 11.8 Å². The van der Waals surface area contributed by atoms with Crippen LogP contribution in [0.2, 0.25) is 0 Å². The van der Waals surface area contributed by atoms with Crippen LogP contribution in [0.3, 0.4) is 0 Å². The molecule has 0 aliphatic rings. The minimum atomic E-state index is -4.67. The van der Waals surface area contributed by atoms with Gasteiger partial charge in [-0.3, -0.25) is 9.11 Å². The van der Waals surface area contributed by atoms with E-state index in [4.69, 9.17) is 39.8 Å². The monoisotopic (exact) mass is 239 g/mol. The van der Waals surface area contributed by atoms with Crippen LogP contribution in [-0.4, -0.2) is 32.6 Å². The Kier molecular flexibility index (Phi) is 4.02. The lowest BCUT2D eigenvalue weighted by atomic mass is 10.5. The second-order valence-corrected chi connectivity index (χ2v) is 3.05. The molecule has 0 spiro atoms. The molecule has 0 unspecified atom stereocenters. The molecule has 1 heterocycles. The summed E-state index contributed by atoms with van der Waals surface area (Å²) in [6.07, 6.45) is 0. The standard InChI is InChI=1S/C4H7N5O.H2O4S/c5-1-2(6)8-4(7)9-3(1)10;1-5(2,3)4/h5H2,(H5,6,7,8,9,10);(H2,1,2,3,4). The number of nitrogen functional groups attached to an aromatic ring is 3. The third-order valence-corrected chi connectivity index (χ3v) is 0.972. The molecule has 0 aromatic carbocycles. The Balaban J connectivity index is 0.000000336. The van der Waals surface area contributed by atoms with Crippen LogP contribution in [0.4, 0.5) is 17.5 Å². The Morgan fingerprint density at radius 2 is 1.47 bits per heavy atom. The molecule has 86 valence electrons. The first-order chi connectivity index (χ1) is 6.61. The molecule has 0 saturated heterocycles. The number of aromatic nitrogens is 2. The highest BCUT2D eigenvalue weighted by Crippen LogP contribution is 2.21. The van der Waals surface area contributed by atoms with Crippen LogP contribution in [-0.2, 0) is 10.4 Å². The van der Waals surface area contributed by atoms with Gasteiger partial charge in [-0.05, 0) is 0 Å². The van der Waals surface area contributed by atoms with Crippen molar-refractivity contribution in [3.63, 3.8) is 0 Å². The van der Waals surface area contributed by atoms with Crippen LogP contribution in [0.15, 0.2) is 0 Å². The predicted molar refractivity (Wildman–Crippen MR) is 51.1 cm³/mol. The van der Waals surface area contributed by atoms with E-state index in [0.717, 1.165) is 0 Å². The third kappa shape index (κ3) is 6.25. The van der Waals surface area contributed by atoms with Gasteiger partial charge in [-0.1, -0.05) is 0 Å². The van der Waals surface area contributed by atoms with Gasteiger partial charge < -0.3 is 22.3 Å². The van der Waals surface area contributed by atoms with Gasteiger partial charge in [0.15, 0.2) is 5.82 Å². The number of hydrogen-bond donors (Lipinski definition) is 6. The molecule has 15 heavy (non-hydrogen) atoms. The highest BCUT2D eigenvalue weighted by molar-refractivity contribution is 7.79. The zero-order valence-corrected chi connectivity index (χ0v) is 8.01. The molecule has 0 atom stereocenters. The molecule has 0 fully saturated rings. The van der Waals surface area contributed by atoms with Crippen LogP contribution in [0.5, 0.6) is 5.88 Å². The van der Waals surface area contributed by atoms with Crippen LogP contribution >= 0.6 is 0 Å². The molecule has 0 amide bonds. The maximum Gasteiger partial charge on any atom is 0.394 e. The first-order valence-corrected chi connectivity index (χ1v) is 4.58. The fraction of sp³-hybridized carbons (Fsp3) is 0. The largest absolute Gasteiger partial charge is 0.492 e. The third-order valence-electron chi connectivity index (χ3n) is 0.972. The lowest BCUT2D eigenvalue weighted by Crippen LogP contribution is -2.03. The van der Waals surface area contributed by atoms with E-state index in [-0.39, 0.29) is 23.3 Å². The van der Waals surface area contributed by atoms with Crippen molar-refractivity contribution in [2.45, 2.75) is 0 Å². The fourth-order valence-electron chi connectivity index (χ4n) is 0.492. The summed E-state index contributed by atoms with van der Waals surface area (Å²) in [7, 11) is -4.67. The maximum absolute atomic E-state index is 8.84. The number of rotatable bonds is 0. The van der Waals surface area contributed by atoms with E-state index in [1.807, 2.05) is 0 Å². The molecule has 10 nitrogen and oxygen atoms in total. The smallest absolute Gasteiger partial charge is 0.394 e. The Hall–Kier alpha value is -1.85. The van der Waals surface area contributed by atoms with E-state index in [1.54, 1.807) is 0 Å². The fourth-order valence-corrected chi connectivity index (χ4v) is 0.492. The maximum atomic E-state index is 8.84. The van der Waals surface area contributed by atoms with Crippen molar-refractivity contribution in [3.8, 4) is 5.88 Å². The second kappa shape index (κ2) is 4.59. The van der Waals surface area contributed by atoms with Gasteiger partial charge >= 0.3 is 10.4 Å². The molecule has 0 saturated carbocycles. The predicted octanol–water partition coefficient (Wildman–Crippen LogP) is -1.72. The van der Waals surface area contributed by atoms with Gasteiger partial charge in [0, 0.05) is 0 Å². The van der Waals surface area contributed by atoms with Gasteiger partial charge in [-0.25, -0.2) is 0 Å². The van der Waals surface area contributed by atoms with Gasteiger partial charge in [0.25, 0.3) is 0 Å². The lowest BCUT2D eigenvalue weighted by Gasteiger charge is -2.00. The van der Waals surface area contributed by atoms with Gasteiger partial charge in [-0.2, -0.15) is 18.4 Å². The Morgan fingerprint density at radius 1 is 1.07 bits per heavy atom. The molecule has 1 aromatic heterocycles. The number of hydrogen-bond acceptors (Lipinski definition) is 8. The van der Waals surface area contributed by atoms with Gasteiger partial charge in [0.05, 0.1) is 0 Å². The second-order valence-electron chi connectivity index (χ2n) is 2.15. The van der Waals surface area contributed by atoms with E-state index in [1.165, 1.54) is 0 Å². The minimum absolute atomic E-state index is 0.00926. The topological polar surface area (TPSA) is 199 Å². The number of nitrogens with zero attached hydrogens (tertiary/aromatic N) is 2. The number of nitrogens with two attached hydrogens (primary N) is 3. The summed E-state index contributed by atoms with van der Waals surface area (Å²) in [5.41, 5.74) is 15.5. The zero-order valence-electron chi connectivity index (χ0n) is 7.19. The molecule has 0 bridgehead atoms. The minimum Gasteiger partial charge on any atom is -0.492 e. The summed E-state index contributed by atoms with van der Waals surface area (Å²) < 4.78 is 31.6. The van der Waals surface area contributed by atoms with E-state index in [9.17, 15) is 0 Å². The number of aromatic hydroxyl groups is 1. The normalized spacial score (nSPS) is 10.3. The Labute approximate surface area is 84.3 Å². The molecule has 0 aliphatic heterocycles. The highest BCUT2D eigenvalue weighted by atomic mass is 32.3. The van der Waals surface area contributed by atoms with E-state index < -0.39 is 10.4 Å². The SMILES string of the molecule is Nc1nc(N)c(N)c(O)n1.O=S(=O)(O)O. The van der Waals surface area contributed by atoms with Crippen molar-refractivity contribution >= 4 is 27.9 Å². The summed E-state index contributed by atoms with van der Waals surface area (Å²) in [5.74, 6) is -0.487. The van der Waals surface area contributed by atoms with E-state index in [2.05, 4.69) is 9.97 Å². The molecule has 1 rings (SSSR count). The molecule has 11 heteroatoms. The summed E-state index contributed by atoms with van der Waals surface area (Å²) >= 11 is 0. The van der Waals surface area contributed by atoms with Crippen molar-refractivity contribution in [2.24, 2.45) is 0 Å². The van der Waals surface area contributed by atoms with Crippen LogP contribution in [0.1, 0.15) is 0 Å². The summed E-state index contributed by atoms with van der Waals surface area (Å²) in [4.78, 5) is 6.84. The average Bonchev–Trinajstić information content (AvgIpc) is 1.96. The van der Waals surface area contributed by atoms with E-state index in [0.29, 0.717) is 0 Å². The molecular formula is C4H9N5O5S. The van der Waals surface area contributed by atoms with Crippen molar-refractivity contribution in [3.05, 3.63) is 0 Å². The summed E-state index contributed by atoms with van der Waals surface area (Å²) in [5, 5.41) is 8.84. The van der Waals surface area contributed by atoms with Crippen molar-refractivity contribution in [1.82, 2.24) is 9.97 Å². The van der Waals surface area contributed by atoms with Crippen molar-refractivity contribution in [2.75, 3.05) is 17.2 Å². The van der Waals surface area contributed by atoms with Gasteiger partial charge in [-0.15, -0.1) is 0 Å². The first-order valence-electron chi connectivity index (χ1n) is 3.18. The number of anilines is 3. The Morgan fingerprint density at radius 3 is 1.80 bits per heavy atom. The average molecular weight is 239 g/mol. The van der Waals surface area contributed by atoms with Crippen LogP contribution < -0.4 is 17.2 Å². The zero-order chi connectivity index (χ0) is 12.2. The first kappa shape index (κ1) is 13.2. The lowest BCUT2D eigenvalue weighted by molar-refractivity contribution is 0.381. The van der Waals surface area contributed by atoms with Crippen LogP contribution in [0.25, 0.3) is 0 Å². The molecule has 1 aromatic rings. The molecule has 0 radical (unpaired) electrons. The molecule has 9 N–H and O–H groups in total. The van der Waals surface area contributed by atoms with Gasteiger partial charge in [0.1, 0.15) is 5.69 Å². The van der Waals surface area contributed by atoms with E-state index >= 15 is 0 Å².